The van der Waals surface area contributed by atoms with E-state index >= 15 is 0 Å². The van der Waals surface area contributed by atoms with Gasteiger partial charge in [-0.3, -0.25) is 29.4 Å². The van der Waals surface area contributed by atoms with Crippen LogP contribution >= 0.6 is 0 Å². The molecule has 0 aliphatic carbocycles. The topological polar surface area (TPSA) is 108 Å². The van der Waals surface area contributed by atoms with Gasteiger partial charge in [-0.05, 0) is 50.8 Å². The summed E-state index contributed by atoms with van der Waals surface area (Å²) in [4.78, 5) is 50.6. The molecule has 0 radical (unpaired) electrons. The van der Waals surface area contributed by atoms with Gasteiger partial charge in [0, 0.05) is 25.0 Å². The van der Waals surface area contributed by atoms with Gasteiger partial charge in [-0.2, -0.15) is 0 Å². The maximum absolute atomic E-state index is 13.1. The Bertz CT molecular complexity index is 895. The van der Waals surface area contributed by atoms with Gasteiger partial charge in [-0.15, -0.1) is 0 Å². The fourth-order valence-electron chi connectivity index (χ4n) is 4.54. The summed E-state index contributed by atoms with van der Waals surface area (Å²) in [7, 11) is 0. The van der Waals surface area contributed by atoms with Gasteiger partial charge in [0.2, 0.25) is 11.8 Å². The van der Waals surface area contributed by atoms with Crippen LogP contribution < -0.4 is 16.0 Å². The molecule has 3 aliphatic rings. The summed E-state index contributed by atoms with van der Waals surface area (Å²) in [6.45, 7) is 6.65. The van der Waals surface area contributed by atoms with Gasteiger partial charge in [-0.25, -0.2) is 0 Å². The number of carbonyl (C=O) groups is 4. The van der Waals surface area contributed by atoms with Crippen molar-refractivity contribution in [1.29, 1.82) is 0 Å². The maximum Gasteiger partial charge on any atom is 0.262 e. The van der Waals surface area contributed by atoms with Gasteiger partial charge in [-0.1, -0.05) is 12.1 Å². The Morgan fingerprint density at radius 2 is 1.93 bits per heavy atom. The lowest BCUT2D eigenvalue weighted by molar-refractivity contribution is -0.136. The Morgan fingerprint density at radius 3 is 2.62 bits per heavy atom. The van der Waals surface area contributed by atoms with Crippen molar-refractivity contribution < 1.29 is 19.2 Å². The molecular weight excluding hydrogens is 372 g/mol. The zero-order valence-corrected chi connectivity index (χ0v) is 16.7. The number of nitrogens with one attached hydrogen (secondary N) is 3. The number of hydrogen-bond acceptors (Lipinski definition) is 6. The van der Waals surface area contributed by atoms with E-state index in [9.17, 15) is 19.2 Å². The second kappa shape index (κ2) is 7.35. The number of imide groups is 2. The van der Waals surface area contributed by atoms with E-state index in [0.717, 1.165) is 30.0 Å². The molecule has 2 unspecified atom stereocenters. The molecule has 0 bridgehead atoms. The Labute approximate surface area is 169 Å². The summed E-state index contributed by atoms with van der Waals surface area (Å²) in [6, 6.07) is 4.28. The third kappa shape index (κ3) is 3.47. The number of rotatable bonds is 5. The van der Waals surface area contributed by atoms with Crippen LogP contribution in [-0.2, 0) is 16.1 Å². The number of hydrogen-bond donors (Lipinski definition) is 3. The largest absolute Gasteiger partial charge is 0.312 e. The smallest absolute Gasteiger partial charge is 0.262 e. The first-order valence-electron chi connectivity index (χ1n) is 10.1. The highest BCUT2D eigenvalue weighted by atomic mass is 16.2. The molecule has 3 heterocycles. The molecule has 154 valence electrons. The molecule has 0 aromatic heterocycles. The van der Waals surface area contributed by atoms with Crippen LogP contribution in [0.4, 0.5) is 0 Å². The van der Waals surface area contributed by atoms with Crippen molar-refractivity contribution in [2.45, 2.75) is 51.2 Å². The quantitative estimate of drug-likeness (QED) is 0.626. The third-order valence-corrected chi connectivity index (χ3v) is 6.35. The molecule has 8 heteroatoms. The Balaban J connectivity index is 1.50. The van der Waals surface area contributed by atoms with Gasteiger partial charge in [0.25, 0.3) is 11.8 Å². The van der Waals surface area contributed by atoms with Crippen LogP contribution in [0.1, 0.15) is 59.4 Å². The van der Waals surface area contributed by atoms with Crippen molar-refractivity contribution in [3.63, 3.8) is 0 Å². The monoisotopic (exact) mass is 398 g/mol. The average molecular weight is 398 g/mol. The molecule has 8 nitrogen and oxygen atoms in total. The van der Waals surface area contributed by atoms with E-state index in [4.69, 9.17) is 0 Å². The van der Waals surface area contributed by atoms with Crippen molar-refractivity contribution in [1.82, 2.24) is 20.9 Å². The van der Waals surface area contributed by atoms with E-state index < -0.39 is 23.8 Å². The molecule has 2 fully saturated rings. The van der Waals surface area contributed by atoms with Crippen molar-refractivity contribution >= 4 is 23.6 Å². The standard InChI is InChI=1S/C21H26N4O4/c1-21(2)13(8-9-23-21)11-22-10-12-4-3-5-14-17(12)20(29)25(19(14)28)15-6-7-16(26)24-18(15)27/h3-5,13,15,22-23H,6-11H2,1-2H3,(H,24,26,27). The van der Waals surface area contributed by atoms with Crippen LogP contribution in [0.3, 0.4) is 0 Å². The van der Waals surface area contributed by atoms with Crippen LogP contribution in [0.2, 0.25) is 0 Å². The van der Waals surface area contributed by atoms with E-state index in [1.807, 2.05) is 6.07 Å². The number of nitrogens with zero attached hydrogens (tertiary/aromatic N) is 1. The minimum atomic E-state index is -0.939. The normalized spacial score (nSPS) is 26.1. The minimum absolute atomic E-state index is 0.0694. The molecule has 29 heavy (non-hydrogen) atoms. The second-order valence-electron chi connectivity index (χ2n) is 8.55. The van der Waals surface area contributed by atoms with Crippen molar-refractivity contribution in [3.8, 4) is 0 Å². The van der Waals surface area contributed by atoms with Crippen LogP contribution in [0.25, 0.3) is 0 Å². The van der Waals surface area contributed by atoms with Crippen LogP contribution in [0, 0.1) is 5.92 Å². The predicted molar refractivity (Wildman–Crippen MR) is 105 cm³/mol. The highest BCUT2D eigenvalue weighted by Gasteiger charge is 2.45. The molecule has 1 aromatic carbocycles. The number of benzene rings is 1. The van der Waals surface area contributed by atoms with E-state index in [1.54, 1.807) is 12.1 Å². The zero-order valence-electron chi connectivity index (χ0n) is 16.7. The van der Waals surface area contributed by atoms with Crippen LogP contribution in [-0.4, -0.2) is 53.2 Å². The molecule has 4 amide bonds. The van der Waals surface area contributed by atoms with Gasteiger partial charge in [0.05, 0.1) is 11.1 Å². The zero-order chi connectivity index (χ0) is 20.8. The van der Waals surface area contributed by atoms with Gasteiger partial charge < -0.3 is 10.6 Å². The summed E-state index contributed by atoms with van der Waals surface area (Å²) in [5.74, 6) is -1.41. The molecule has 0 saturated carbocycles. The highest BCUT2D eigenvalue weighted by molar-refractivity contribution is 6.24. The van der Waals surface area contributed by atoms with Gasteiger partial charge in [0.15, 0.2) is 0 Å². The molecular formula is C21H26N4O4. The molecule has 3 aliphatic heterocycles. The van der Waals surface area contributed by atoms with Gasteiger partial charge >= 0.3 is 0 Å². The number of fused-ring (bicyclic) bond motifs is 1. The molecule has 0 spiro atoms. The summed E-state index contributed by atoms with van der Waals surface area (Å²) >= 11 is 0. The average Bonchev–Trinajstić information content (AvgIpc) is 3.13. The summed E-state index contributed by atoms with van der Waals surface area (Å²) in [6.07, 6.45) is 1.37. The Kier molecular flexibility index (Phi) is 5.00. The molecule has 1 aromatic rings. The van der Waals surface area contributed by atoms with E-state index in [1.165, 1.54) is 0 Å². The van der Waals surface area contributed by atoms with E-state index in [0.29, 0.717) is 23.6 Å². The lowest BCUT2D eigenvalue weighted by atomic mass is 9.89. The lowest BCUT2D eigenvalue weighted by Crippen LogP contribution is -2.54. The molecule has 2 saturated heterocycles. The summed E-state index contributed by atoms with van der Waals surface area (Å²) in [5, 5.41) is 9.14. The van der Waals surface area contributed by atoms with E-state index in [-0.39, 0.29) is 24.3 Å². The predicted octanol–water partition coefficient (Wildman–Crippen LogP) is 0.565. The molecule has 3 N–H and O–H groups in total. The fraction of sp³-hybridized carbons (Fsp3) is 0.524. The third-order valence-electron chi connectivity index (χ3n) is 6.35. The second-order valence-corrected chi connectivity index (χ2v) is 8.55. The van der Waals surface area contributed by atoms with E-state index in [2.05, 4.69) is 29.8 Å². The van der Waals surface area contributed by atoms with Crippen molar-refractivity contribution in [3.05, 3.63) is 34.9 Å². The van der Waals surface area contributed by atoms with Crippen molar-refractivity contribution in [2.24, 2.45) is 5.92 Å². The maximum atomic E-state index is 13.1. The number of piperidine rings is 1. The summed E-state index contributed by atoms with van der Waals surface area (Å²) < 4.78 is 0. The Hall–Kier alpha value is -2.58. The first kappa shape index (κ1) is 19.7. The van der Waals surface area contributed by atoms with Crippen LogP contribution in [0.15, 0.2) is 18.2 Å². The first-order chi connectivity index (χ1) is 13.8. The SMILES string of the molecule is CC1(C)NCCC1CNCc1cccc2c1C(=O)N(C1CCC(=O)NC1=O)C2=O. The first-order valence-corrected chi connectivity index (χ1v) is 10.1. The van der Waals surface area contributed by atoms with Crippen molar-refractivity contribution in [2.75, 3.05) is 13.1 Å². The fourth-order valence-corrected chi connectivity index (χ4v) is 4.54. The lowest BCUT2D eigenvalue weighted by Gasteiger charge is -2.28. The highest BCUT2D eigenvalue weighted by Crippen LogP contribution is 2.30. The number of amides is 4. The van der Waals surface area contributed by atoms with Crippen LogP contribution in [0.5, 0.6) is 0 Å². The number of carbonyl (C=O) groups excluding carboxylic acids is 4. The summed E-state index contributed by atoms with van der Waals surface area (Å²) in [5.41, 5.74) is 1.50. The molecule has 4 rings (SSSR count). The van der Waals surface area contributed by atoms with Gasteiger partial charge in [0.1, 0.15) is 6.04 Å². The Morgan fingerprint density at radius 1 is 1.14 bits per heavy atom. The minimum Gasteiger partial charge on any atom is -0.312 e. The molecule has 2 atom stereocenters.